The topological polar surface area (TPSA) is 78.7 Å². The summed E-state index contributed by atoms with van der Waals surface area (Å²) in [7, 11) is 0. The van der Waals surface area contributed by atoms with E-state index in [9.17, 15) is 9.59 Å². The van der Waals surface area contributed by atoms with Gasteiger partial charge in [0.05, 0.1) is 5.92 Å². The fourth-order valence-corrected chi connectivity index (χ4v) is 3.03. The number of carbonyl (C=O) groups excluding carboxylic acids is 2. The molecule has 0 saturated carbocycles. The second-order valence-corrected chi connectivity index (χ2v) is 6.81. The van der Waals surface area contributed by atoms with Crippen molar-refractivity contribution in [2.24, 2.45) is 5.92 Å². The smallest absolute Gasteiger partial charge is 0.276 e. The number of nitrogens with one attached hydrogen (secondary N) is 1. The Labute approximate surface area is 149 Å². The average molecular weight is 350 g/mol. The van der Waals surface area contributed by atoms with Crippen LogP contribution < -0.4 is 5.32 Å². The molecule has 2 heterocycles. The Morgan fingerprint density at radius 1 is 1.40 bits per heavy atom. The fraction of sp³-hybridized carbons (Fsp3) is 0.722. The van der Waals surface area contributed by atoms with E-state index in [0.29, 0.717) is 24.5 Å². The predicted molar refractivity (Wildman–Crippen MR) is 95.3 cm³/mol. The second kappa shape index (κ2) is 8.99. The average Bonchev–Trinajstić information content (AvgIpc) is 2.96. The third-order valence-corrected chi connectivity index (χ3v) is 4.78. The second-order valence-electron chi connectivity index (χ2n) is 6.81. The molecule has 0 aliphatic carbocycles. The molecule has 0 aromatic carbocycles. The number of likely N-dealkylation sites (tertiary alicyclic amines) is 1. The maximum absolute atomic E-state index is 12.3. The van der Waals surface area contributed by atoms with E-state index in [1.807, 2.05) is 6.92 Å². The van der Waals surface area contributed by atoms with E-state index >= 15 is 0 Å². The van der Waals surface area contributed by atoms with Gasteiger partial charge in [0, 0.05) is 25.2 Å². The van der Waals surface area contributed by atoms with Crippen LogP contribution in [-0.4, -0.2) is 65.5 Å². The molecule has 0 spiro atoms. The maximum Gasteiger partial charge on any atom is 0.276 e. The summed E-state index contributed by atoms with van der Waals surface area (Å²) in [6.45, 7) is 12.2. The van der Waals surface area contributed by atoms with Gasteiger partial charge in [0.1, 0.15) is 5.76 Å². The number of carbonyl (C=O) groups is 2. The van der Waals surface area contributed by atoms with Gasteiger partial charge >= 0.3 is 0 Å². The number of aromatic nitrogens is 1. The van der Waals surface area contributed by atoms with Gasteiger partial charge in [-0.25, -0.2) is 0 Å². The molecule has 7 heteroatoms. The maximum atomic E-state index is 12.3. The molecule has 2 rings (SSSR count). The van der Waals surface area contributed by atoms with E-state index in [4.69, 9.17) is 4.52 Å². The van der Waals surface area contributed by atoms with Crippen molar-refractivity contribution in [1.82, 2.24) is 20.3 Å². The van der Waals surface area contributed by atoms with E-state index < -0.39 is 0 Å². The van der Waals surface area contributed by atoms with Crippen LogP contribution in [0.1, 0.15) is 49.9 Å². The lowest BCUT2D eigenvalue weighted by atomic mass is 9.98. The zero-order chi connectivity index (χ0) is 18.4. The Kier molecular flexibility index (Phi) is 6.99. The lowest BCUT2D eigenvalue weighted by molar-refractivity contribution is -0.129. The standard InChI is InChI=1S/C18H30N4O3/c1-5-21(6-2)9-7-8-13(3)19-17(23)15-11-22(12-15)18(24)16-10-14(4)25-20-16/h10,13,15H,5-9,11-12H2,1-4H3,(H,19,23). The van der Waals surface area contributed by atoms with Gasteiger partial charge in [0.15, 0.2) is 5.69 Å². The lowest BCUT2D eigenvalue weighted by Gasteiger charge is -2.38. The van der Waals surface area contributed by atoms with Gasteiger partial charge in [-0.05, 0) is 46.3 Å². The van der Waals surface area contributed by atoms with Crippen molar-refractivity contribution in [2.75, 3.05) is 32.7 Å². The summed E-state index contributed by atoms with van der Waals surface area (Å²) < 4.78 is 4.92. The van der Waals surface area contributed by atoms with Crippen molar-refractivity contribution in [3.05, 3.63) is 17.5 Å². The first kappa shape index (κ1) is 19.4. The van der Waals surface area contributed by atoms with Crippen LogP contribution in [0.4, 0.5) is 0 Å². The molecule has 2 amide bonds. The van der Waals surface area contributed by atoms with Crippen LogP contribution >= 0.6 is 0 Å². The molecule has 1 aromatic rings. The molecular weight excluding hydrogens is 320 g/mol. The fourth-order valence-electron chi connectivity index (χ4n) is 3.03. The summed E-state index contributed by atoms with van der Waals surface area (Å²) in [5.74, 6) is 0.350. The molecule has 7 nitrogen and oxygen atoms in total. The molecule has 1 N–H and O–H groups in total. The lowest BCUT2D eigenvalue weighted by Crippen LogP contribution is -2.56. The molecule has 1 saturated heterocycles. The monoisotopic (exact) mass is 350 g/mol. The highest BCUT2D eigenvalue weighted by atomic mass is 16.5. The molecule has 0 bridgehead atoms. The third kappa shape index (κ3) is 5.29. The predicted octanol–water partition coefficient (Wildman–Crippen LogP) is 1.68. The van der Waals surface area contributed by atoms with Crippen LogP contribution in [0.2, 0.25) is 0 Å². The number of hydrogen-bond acceptors (Lipinski definition) is 5. The molecule has 140 valence electrons. The van der Waals surface area contributed by atoms with Crippen molar-refractivity contribution in [3.63, 3.8) is 0 Å². The van der Waals surface area contributed by atoms with Gasteiger partial charge in [-0.2, -0.15) is 0 Å². The van der Waals surface area contributed by atoms with E-state index in [-0.39, 0.29) is 23.8 Å². The molecule has 1 aromatic heterocycles. The van der Waals surface area contributed by atoms with Gasteiger partial charge in [-0.1, -0.05) is 19.0 Å². The van der Waals surface area contributed by atoms with Crippen LogP contribution in [0.15, 0.2) is 10.6 Å². The summed E-state index contributed by atoms with van der Waals surface area (Å²) in [5.41, 5.74) is 0.307. The highest BCUT2D eigenvalue weighted by molar-refractivity contribution is 5.94. The minimum Gasteiger partial charge on any atom is -0.361 e. The Bertz CT molecular complexity index is 577. The summed E-state index contributed by atoms with van der Waals surface area (Å²) in [5, 5.41) is 6.79. The van der Waals surface area contributed by atoms with Crippen LogP contribution in [0, 0.1) is 12.8 Å². The molecule has 0 radical (unpaired) electrons. The molecule has 1 aliphatic heterocycles. The minimum atomic E-state index is -0.173. The summed E-state index contributed by atoms with van der Waals surface area (Å²) in [6.07, 6.45) is 2.04. The van der Waals surface area contributed by atoms with Crippen LogP contribution in [0.25, 0.3) is 0 Å². The largest absolute Gasteiger partial charge is 0.361 e. The first-order chi connectivity index (χ1) is 11.9. The van der Waals surface area contributed by atoms with Gasteiger partial charge in [0.2, 0.25) is 5.91 Å². The number of rotatable bonds is 9. The first-order valence-corrected chi connectivity index (χ1v) is 9.19. The van der Waals surface area contributed by atoms with E-state index in [1.54, 1.807) is 17.9 Å². The highest BCUT2D eigenvalue weighted by Gasteiger charge is 2.37. The Hall–Kier alpha value is -1.89. The Balaban J connectivity index is 1.66. The molecule has 1 fully saturated rings. The first-order valence-electron chi connectivity index (χ1n) is 9.19. The third-order valence-electron chi connectivity index (χ3n) is 4.78. The molecule has 1 unspecified atom stereocenters. The molecular formula is C18H30N4O3. The van der Waals surface area contributed by atoms with E-state index in [2.05, 4.69) is 29.2 Å². The number of aryl methyl sites for hydroxylation is 1. The summed E-state index contributed by atoms with van der Waals surface area (Å²) in [6, 6.07) is 1.78. The minimum absolute atomic E-state index is 0.0377. The van der Waals surface area contributed by atoms with Crippen LogP contribution in [0.3, 0.4) is 0 Å². The SMILES string of the molecule is CCN(CC)CCCC(C)NC(=O)C1CN(C(=O)c2cc(C)on2)C1. The summed E-state index contributed by atoms with van der Waals surface area (Å²) in [4.78, 5) is 28.4. The van der Waals surface area contributed by atoms with Crippen molar-refractivity contribution in [2.45, 2.75) is 46.6 Å². The number of amides is 2. The van der Waals surface area contributed by atoms with Gasteiger partial charge in [-0.3, -0.25) is 9.59 Å². The van der Waals surface area contributed by atoms with Crippen molar-refractivity contribution < 1.29 is 14.1 Å². The molecule has 25 heavy (non-hydrogen) atoms. The Morgan fingerprint density at radius 3 is 2.64 bits per heavy atom. The van der Waals surface area contributed by atoms with E-state index in [1.165, 1.54) is 0 Å². The summed E-state index contributed by atoms with van der Waals surface area (Å²) >= 11 is 0. The molecule has 1 aliphatic rings. The van der Waals surface area contributed by atoms with Crippen LogP contribution in [0.5, 0.6) is 0 Å². The van der Waals surface area contributed by atoms with Crippen molar-refractivity contribution >= 4 is 11.8 Å². The van der Waals surface area contributed by atoms with Crippen molar-refractivity contribution in [3.8, 4) is 0 Å². The van der Waals surface area contributed by atoms with Gasteiger partial charge in [0.25, 0.3) is 5.91 Å². The number of hydrogen-bond donors (Lipinski definition) is 1. The van der Waals surface area contributed by atoms with E-state index in [0.717, 1.165) is 32.5 Å². The Morgan fingerprint density at radius 2 is 2.08 bits per heavy atom. The zero-order valence-corrected chi connectivity index (χ0v) is 15.7. The molecule has 1 atom stereocenters. The van der Waals surface area contributed by atoms with Crippen LogP contribution in [-0.2, 0) is 4.79 Å². The van der Waals surface area contributed by atoms with Crippen molar-refractivity contribution in [1.29, 1.82) is 0 Å². The zero-order valence-electron chi connectivity index (χ0n) is 15.7. The number of nitrogens with zero attached hydrogens (tertiary/aromatic N) is 3. The van der Waals surface area contributed by atoms with Gasteiger partial charge < -0.3 is 19.6 Å². The highest BCUT2D eigenvalue weighted by Crippen LogP contribution is 2.19. The quantitative estimate of drug-likeness (QED) is 0.733. The normalized spacial score (nSPS) is 16.0. The van der Waals surface area contributed by atoms with Gasteiger partial charge in [-0.15, -0.1) is 0 Å².